The number of rotatable bonds is 6. The Bertz CT molecular complexity index is 1170. The first kappa shape index (κ1) is 23.1. The maximum atomic E-state index is 13.8. The van der Waals surface area contributed by atoms with Gasteiger partial charge in [-0.15, -0.1) is 0 Å². The third-order valence-electron chi connectivity index (χ3n) is 6.85. The lowest BCUT2D eigenvalue weighted by Crippen LogP contribution is -2.64. The van der Waals surface area contributed by atoms with Crippen molar-refractivity contribution < 1.29 is 14.0 Å². The monoisotopic (exact) mass is 472 g/mol. The summed E-state index contributed by atoms with van der Waals surface area (Å²) >= 11 is 0. The van der Waals surface area contributed by atoms with Crippen LogP contribution in [0.4, 0.5) is 10.1 Å². The van der Waals surface area contributed by atoms with Crippen molar-refractivity contribution in [2.45, 2.75) is 12.6 Å². The highest BCUT2D eigenvalue weighted by Gasteiger charge is 2.36. The van der Waals surface area contributed by atoms with Crippen LogP contribution in [-0.2, 0) is 6.54 Å². The third-order valence-corrected chi connectivity index (χ3v) is 6.85. The zero-order valence-electron chi connectivity index (χ0n) is 19.6. The fourth-order valence-corrected chi connectivity index (χ4v) is 4.66. The first-order valence-corrected chi connectivity index (χ1v) is 12.0. The van der Waals surface area contributed by atoms with Gasteiger partial charge in [0.15, 0.2) is 0 Å². The molecule has 0 unspecified atom stereocenters. The van der Waals surface area contributed by atoms with Crippen molar-refractivity contribution >= 4 is 17.5 Å². The van der Waals surface area contributed by atoms with E-state index in [4.69, 9.17) is 0 Å². The number of nitrogens with one attached hydrogen (secondary N) is 1. The molecule has 0 spiro atoms. The van der Waals surface area contributed by atoms with Crippen LogP contribution in [0.5, 0.6) is 0 Å². The van der Waals surface area contributed by atoms with E-state index in [9.17, 15) is 14.0 Å². The number of piperazine rings is 1. The Morgan fingerprint density at radius 1 is 0.743 bits per heavy atom. The van der Waals surface area contributed by atoms with Crippen LogP contribution in [0.2, 0.25) is 0 Å². The molecule has 1 N–H and O–H groups in total. The van der Waals surface area contributed by atoms with E-state index < -0.39 is 0 Å². The number of nitrogens with zero attached hydrogens (tertiary/aromatic N) is 3. The Balaban J connectivity index is 1.07. The smallest absolute Gasteiger partial charge is 0.253 e. The lowest BCUT2D eigenvalue weighted by Gasteiger charge is -2.48. The molecule has 3 aromatic rings. The van der Waals surface area contributed by atoms with Crippen molar-refractivity contribution in [2.75, 3.05) is 44.6 Å². The van der Waals surface area contributed by atoms with Gasteiger partial charge in [-0.2, -0.15) is 0 Å². The molecule has 0 bridgehead atoms. The zero-order chi connectivity index (χ0) is 24.2. The van der Waals surface area contributed by atoms with Gasteiger partial charge >= 0.3 is 0 Å². The fourth-order valence-electron chi connectivity index (χ4n) is 4.66. The second kappa shape index (κ2) is 10.3. The SMILES string of the molecule is O=C(c1ccccc1)N1CCN(C2CN(C(=O)c3ccc(CNc4ccccc4F)cc3)C2)CC1. The van der Waals surface area contributed by atoms with Gasteiger partial charge < -0.3 is 15.1 Å². The predicted octanol–water partition coefficient (Wildman–Crippen LogP) is 3.72. The number of halogens is 1. The summed E-state index contributed by atoms with van der Waals surface area (Å²) in [5, 5.41) is 3.08. The van der Waals surface area contributed by atoms with Crippen molar-refractivity contribution in [3.8, 4) is 0 Å². The zero-order valence-corrected chi connectivity index (χ0v) is 19.6. The molecule has 2 amide bonds. The molecule has 3 aromatic carbocycles. The molecule has 0 saturated carbocycles. The van der Waals surface area contributed by atoms with E-state index in [1.54, 1.807) is 18.2 Å². The minimum Gasteiger partial charge on any atom is -0.379 e. The first-order valence-electron chi connectivity index (χ1n) is 12.0. The Hall–Kier alpha value is -3.71. The molecule has 2 heterocycles. The number of hydrogen-bond donors (Lipinski definition) is 1. The normalized spacial score (nSPS) is 16.6. The molecule has 7 heteroatoms. The van der Waals surface area contributed by atoms with Gasteiger partial charge in [0.2, 0.25) is 0 Å². The lowest BCUT2D eigenvalue weighted by atomic mass is 10.0. The number of hydrogen-bond acceptors (Lipinski definition) is 4. The lowest BCUT2D eigenvalue weighted by molar-refractivity contribution is 0.00854. The number of carbonyl (C=O) groups is 2. The summed E-state index contributed by atoms with van der Waals surface area (Å²) in [6.45, 7) is 4.98. The van der Waals surface area contributed by atoms with Crippen molar-refractivity contribution in [2.24, 2.45) is 0 Å². The van der Waals surface area contributed by atoms with Crippen LogP contribution < -0.4 is 5.32 Å². The number of anilines is 1. The quantitative estimate of drug-likeness (QED) is 0.594. The van der Waals surface area contributed by atoms with Crippen LogP contribution in [0.3, 0.4) is 0 Å². The summed E-state index contributed by atoms with van der Waals surface area (Å²) in [7, 11) is 0. The van der Waals surface area contributed by atoms with E-state index in [-0.39, 0.29) is 17.6 Å². The number of benzene rings is 3. The number of amides is 2. The minimum absolute atomic E-state index is 0.0350. The number of para-hydroxylation sites is 1. The summed E-state index contributed by atoms with van der Waals surface area (Å²) < 4.78 is 13.8. The molecule has 6 nitrogen and oxygen atoms in total. The van der Waals surface area contributed by atoms with Crippen LogP contribution in [0.25, 0.3) is 0 Å². The van der Waals surface area contributed by atoms with Gasteiger partial charge in [0, 0.05) is 63.0 Å². The van der Waals surface area contributed by atoms with Crippen molar-refractivity contribution in [3.05, 3.63) is 101 Å². The highest BCUT2D eigenvalue weighted by Crippen LogP contribution is 2.21. The third kappa shape index (κ3) is 5.20. The second-order valence-electron chi connectivity index (χ2n) is 9.09. The van der Waals surface area contributed by atoms with Crippen molar-refractivity contribution in [1.29, 1.82) is 0 Å². The molecule has 0 aromatic heterocycles. The topological polar surface area (TPSA) is 55.9 Å². The van der Waals surface area contributed by atoms with Crippen LogP contribution in [-0.4, -0.2) is 71.8 Å². The summed E-state index contributed by atoms with van der Waals surface area (Å²) in [5.41, 5.74) is 2.84. The fraction of sp³-hybridized carbons (Fsp3) is 0.286. The van der Waals surface area contributed by atoms with Crippen LogP contribution in [0.1, 0.15) is 26.3 Å². The highest BCUT2D eigenvalue weighted by molar-refractivity contribution is 5.95. The van der Waals surface area contributed by atoms with Gasteiger partial charge in [-0.25, -0.2) is 4.39 Å². The van der Waals surface area contributed by atoms with Crippen LogP contribution in [0, 0.1) is 5.82 Å². The molecule has 0 aliphatic carbocycles. The average Bonchev–Trinajstić information content (AvgIpc) is 2.88. The molecule has 35 heavy (non-hydrogen) atoms. The van der Waals surface area contributed by atoms with E-state index >= 15 is 0 Å². The molecule has 2 fully saturated rings. The van der Waals surface area contributed by atoms with Crippen LogP contribution in [0.15, 0.2) is 78.9 Å². The maximum absolute atomic E-state index is 13.8. The summed E-state index contributed by atoms with van der Waals surface area (Å²) in [5.74, 6) is -0.160. The van der Waals surface area contributed by atoms with E-state index in [1.807, 2.05) is 64.4 Å². The molecule has 2 saturated heterocycles. The van der Waals surface area contributed by atoms with Gasteiger partial charge in [0.05, 0.1) is 5.69 Å². The van der Waals surface area contributed by atoms with E-state index in [0.29, 0.717) is 50.0 Å². The Kier molecular flexibility index (Phi) is 6.77. The Morgan fingerprint density at radius 3 is 2.03 bits per heavy atom. The van der Waals surface area contributed by atoms with Gasteiger partial charge in [-0.05, 0) is 42.0 Å². The molecule has 5 rings (SSSR count). The Morgan fingerprint density at radius 2 is 1.34 bits per heavy atom. The molecule has 2 aliphatic rings. The summed E-state index contributed by atoms with van der Waals surface area (Å²) in [6.07, 6.45) is 0. The molecular formula is C28H29FN4O2. The highest BCUT2D eigenvalue weighted by atomic mass is 19.1. The van der Waals surface area contributed by atoms with Gasteiger partial charge in [0.1, 0.15) is 5.82 Å². The molecule has 2 aliphatic heterocycles. The average molecular weight is 473 g/mol. The Labute approximate surface area is 205 Å². The van der Waals surface area contributed by atoms with E-state index in [1.165, 1.54) is 6.07 Å². The van der Waals surface area contributed by atoms with E-state index in [0.717, 1.165) is 24.2 Å². The second-order valence-corrected chi connectivity index (χ2v) is 9.09. The minimum atomic E-state index is -0.282. The predicted molar refractivity (Wildman–Crippen MR) is 134 cm³/mol. The van der Waals surface area contributed by atoms with Gasteiger partial charge in [0.25, 0.3) is 11.8 Å². The van der Waals surface area contributed by atoms with Gasteiger partial charge in [-0.3, -0.25) is 14.5 Å². The molecule has 0 radical (unpaired) electrons. The number of carbonyl (C=O) groups excluding carboxylic acids is 2. The number of likely N-dealkylation sites (tertiary alicyclic amines) is 1. The molecule has 0 atom stereocenters. The van der Waals surface area contributed by atoms with Crippen molar-refractivity contribution in [3.63, 3.8) is 0 Å². The largest absolute Gasteiger partial charge is 0.379 e. The van der Waals surface area contributed by atoms with Crippen LogP contribution >= 0.6 is 0 Å². The standard InChI is InChI=1S/C28H29FN4O2/c29-25-8-4-5-9-26(25)30-18-21-10-12-23(13-11-21)28(35)33-19-24(20-33)31-14-16-32(17-15-31)27(34)22-6-2-1-3-7-22/h1-13,24,30H,14-20H2. The summed E-state index contributed by atoms with van der Waals surface area (Å²) in [6, 6.07) is 23.8. The molecule has 180 valence electrons. The van der Waals surface area contributed by atoms with Crippen molar-refractivity contribution in [1.82, 2.24) is 14.7 Å². The molecular weight excluding hydrogens is 443 g/mol. The maximum Gasteiger partial charge on any atom is 0.253 e. The summed E-state index contributed by atoms with van der Waals surface area (Å²) in [4.78, 5) is 31.7. The van der Waals surface area contributed by atoms with E-state index in [2.05, 4.69) is 10.2 Å². The van der Waals surface area contributed by atoms with Gasteiger partial charge in [-0.1, -0.05) is 42.5 Å². The first-order chi connectivity index (χ1) is 17.1.